The molecule has 0 saturated heterocycles. The molecule has 0 aliphatic heterocycles. The van der Waals surface area contributed by atoms with Crippen LogP contribution >= 0.6 is 0 Å². The minimum absolute atomic E-state index is 0.0962. The monoisotopic (exact) mass is 720 g/mol. The molecule has 0 spiro atoms. The molecule has 0 aliphatic carbocycles. The van der Waals surface area contributed by atoms with Gasteiger partial charge in [-0.3, -0.25) is 0 Å². The largest absolute Gasteiger partial charge is 0.311 e. The van der Waals surface area contributed by atoms with Gasteiger partial charge in [-0.25, -0.2) is 0 Å². The van der Waals surface area contributed by atoms with Gasteiger partial charge in [0.2, 0.25) is 0 Å². The van der Waals surface area contributed by atoms with Crippen molar-refractivity contribution in [1.82, 2.24) is 0 Å². The molecular weight excluding hydrogens is 677 g/mol. The van der Waals surface area contributed by atoms with E-state index in [4.69, 9.17) is 0 Å². The second kappa shape index (κ2) is 15.9. The lowest BCUT2D eigenvalue weighted by Crippen LogP contribution is -2.09. The Balaban J connectivity index is 1.01. The summed E-state index contributed by atoms with van der Waals surface area (Å²) in [5.74, 6) is 0. The average molecular weight is 721 g/mol. The van der Waals surface area contributed by atoms with Gasteiger partial charge >= 0.3 is 0 Å². The first-order valence-corrected chi connectivity index (χ1v) is 18.8. The minimum atomic E-state index is -0.114. The van der Waals surface area contributed by atoms with E-state index in [9.17, 15) is 5.48 Å². The van der Waals surface area contributed by atoms with E-state index in [-0.39, 0.29) is 35.4 Å². The van der Waals surface area contributed by atoms with Gasteiger partial charge in [0, 0.05) is 34.1 Å². The number of para-hydroxylation sites is 3. The first-order chi connectivity index (χ1) is 29.4. The number of nitrogens with zero attached hydrogens (tertiary/aromatic N) is 2. The van der Waals surface area contributed by atoms with Gasteiger partial charge in [-0.05, 0) is 117 Å². The van der Waals surface area contributed by atoms with Crippen molar-refractivity contribution in [3.8, 4) is 44.5 Å². The van der Waals surface area contributed by atoms with E-state index in [1.165, 1.54) is 0 Å². The third-order valence-electron chi connectivity index (χ3n) is 9.96. The highest BCUT2D eigenvalue weighted by molar-refractivity contribution is 5.82. The molecule has 266 valence electrons. The minimum Gasteiger partial charge on any atom is -0.311 e. The van der Waals surface area contributed by atoms with Crippen LogP contribution in [-0.4, -0.2) is 0 Å². The van der Waals surface area contributed by atoms with E-state index in [1.807, 2.05) is 138 Å². The molecule has 9 rings (SSSR count). The maximum atomic E-state index is 9.34. The van der Waals surface area contributed by atoms with Crippen LogP contribution in [0, 0.1) is 0 Å². The normalized spacial score (nSPS) is 11.9. The van der Waals surface area contributed by atoms with Crippen LogP contribution in [0.15, 0.2) is 243 Å². The summed E-state index contributed by atoms with van der Waals surface area (Å²) in [6, 6.07) is 72.7. The van der Waals surface area contributed by atoms with Crippen molar-refractivity contribution in [1.29, 1.82) is 0 Å². The van der Waals surface area contributed by atoms with Gasteiger partial charge in [0.05, 0.1) is 5.48 Å². The van der Waals surface area contributed by atoms with E-state index in [0.29, 0.717) is 5.56 Å². The van der Waals surface area contributed by atoms with Gasteiger partial charge in [0.25, 0.3) is 0 Å². The van der Waals surface area contributed by atoms with Crippen molar-refractivity contribution in [3.05, 3.63) is 243 Å². The van der Waals surface area contributed by atoms with Crippen LogP contribution in [0.1, 0.15) is 5.48 Å². The van der Waals surface area contributed by atoms with E-state index < -0.39 is 0 Å². The summed E-state index contributed by atoms with van der Waals surface area (Å²) >= 11 is 0. The second-order valence-electron chi connectivity index (χ2n) is 13.5. The fourth-order valence-corrected chi connectivity index (χ4v) is 7.07. The molecule has 0 radical (unpaired) electrons. The number of anilines is 6. The molecular formula is C54H40N2. The predicted octanol–water partition coefficient (Wildman–Crippen LogP) is 15.3. The third kappa shape index (κ3) is 7.37. The molecule has 9 aromatic carbocycles. The van der Waals surface area contributed by atoms with Gasteiger partial charge < -0.3 is 9.80 Å². The highest BCUT2D eigenvalue weighted by Gasteiger charge is 2.14. The summed E-state index contributed by atoms with van der Waals surface area (Å²) in [5, 5.41) is 0. The first kappa shape index (κ1) is 30.0. The van der Waals surface area contributed by atoms with Gasteiger partial charge in [-0.1, -0.05) is 170 Å². The topological polar surface area (TPSA) is 6.48 Å². The zero-order valence-electron chi connectivity index (χ0n) is 34.7. The van der Waals surface area contributed by atoms with Crippen molar-refractivity contribution < 1.29 is 5.48 Å². The summed E-state index contributed by atoms with van der Waals surface area (Å²) in [5.41, 5.74) is 12.1. The van der Waals surface area contributed by atoms with E-state index in [2.05, 4.69) is 89.8 Å². The third-order valence-corrected chi connectivity index (χ3v) is 9.96. The van der Waals surface area contributed by atoms with Gasteiger partial charge in [-0.2, -0.15) is 0 Å². The molecule has 0 N–H and O–H groups in total. The summed E-state index contributed by atoms with van der Waals surface area (Å²) in [7, 11) is 0. The Morgan fingerprint density at radius 2 is 0.429 bits per heavy atom. The molecule has 56 heavy (non-hydrogen) atoms. The lowest BCUT2D eigenvalue weighted by atomic mass is 9.99. The van der Waals surface area contributed by atoms with Crippen LogP contribution in [0.3, 0.4) is 0 Å². The Bertz CT molecular complexity index is 2780. The summed E-state index contributed by atoms with van der Waals surface area (Å²) in [4.78, 5) is 4.04. The van der Waals surface area contributed by atoms with Crippen LogP contribution in [-0.2, 0) is 0 Å². The zero-order valence-corrected chi connectivity index (χ0v) is 30.7. The van der Waals surface area contributed by atoms with Gasteiger partial charge in [0.15, 0.2) is 0 Å². The number of hydrogen-bond donors (Lipinski definition) is 0. The number of rotatable bonds is 10. The summed E-state index contributed by atoms with van der Waals surface area (Å²) in [6.07, 6.45) is 0. The zero-order chi connectivity index (χ0) is 41.0. The Kier molecular flexibility index (Phi) is 8.51. The Hall–Kier alpha value is -7.42. The molecule has 0 bridgehead atoms. The highest BCUT2D eigenvalue weighted by Crippen LogP contribution is 2.38. The SMILES string of the molecule is [2H]c1c([2H])c(N(c2ccccc2)c2ccc(-c3ccc(-c4ccccc4)cc3)cc2)c([2H])c([2H])c1-c1ccc(-c2ccc(N(c3ccccc3)c3ccccc3)cc2)cc1. The fraction of sp³-hybridized carbons (Fsp3) is 0. The van der Waals surface area contributed by atoms with Crippen LogP contribution in [0.2, 0.25) is 0 Å². The average Bonchev–Trinajstić information content (AvgIpc) is 3.32. The van der Waals surface area contributed by atoms with E-state index in [1.54, 1.807) is 0 Å². The van der Waals surface area contributed by atoms with Crippen molar-refractivity contribution >= 4 is 34.1 Å². The summed E-state index contributed by atoms with van der Waals surface area (Å²) in [6.45, 7) is 0. The van der Waals surface area contributed by atoms with Gasteiger partial charge in [-0.15, -0.1) is 0 Å². The second-order valence-corrected chi connectivity index (χ2v) is 13.5. The summed E-state index contributed by atoms with van der Waals surface area (Å²) < 4.78 is 37.2. The lowest BCUT2D eigenvalue weighted by molar-refractivity contribution is 1.28. The van der Waals surface area contributed by atoms with Crippen LogP contribution < -0.4 is 9.80 Å². The maximum Gasteiger partial charge on any atom is 0.0645 e. The molecule has 0 unspecified atom stereocenters. The lowest BCUT2D eigenvalue weighted by Gasteiger charge is -2.26. The van der Waals surface area contributed by atoms with E-state index >= 15 is 0 Å². The molecule has 0 aliphatic rings. The smallest absolute Gasteiger partial charge is 0.0645 e. The van der Waals surface area contributed by atoms with E-state index in [0.717, 1.165) is 61.8 Å². The molecule has 0 fully saturated rings. The first-order valence-electron chi connectivity index (χ1n) is 20.8. The van der Waals surface area contributed by atoms with Crippen molar-refractivity contribution in [2.45, 2.75) is 0 Å². The standard InChI is InChI=1S/C54H40N2/c1-5-13-41(14-6-1)42-21-23-43(24-22-42)47-31-37-53(38-32-47)56(51-19-11-4-12-20-51)54-39-33-48(34-40-54)45-27-25-44(26-28-45)46-29-35-52(36-30-46)55(49-15-7-2-8-16-49)50-17-9-3-10-18-50/h1-40H/i33D,34D,39D,40D. The van der Waals surface area contributed by atoms with Crippen LogP contribution in [0.25, 0.3) is 44.5 Å². The number of hydrogen-bond acceptors (Lipinski definition) is 2. The molecule has 0 saturated carbocycles. The molecule has 0 atom stereocenters. The molecule has 2 heteroatoms. The van der Waals surface area contributed by atoms with Crippen molar-refractivity contribution in [2.24, 2.45) is 0 Å². The highest BCUT2D eigenvalue weighted by atomic mass is 15.1. The van der Waals surface area contributed by atoms with Crippen molar-refractivity contribution in [2.75, 3.05) is 9.80 Å². The molecule has 0 heterocycles. The molecule has 0 amide bonds. The Morgan fingerprint density at radius 3 is 0.768 bits per heavy atom. The molecule has 9 aromatic rings. The van der Waals surface area contributed by atoms with Crippen molar-refractivity contribution in [3.63, 3.8) is 0 Å². The molecule has 2 nitrogen and oxygen atoms in total. The predicted molar refractivity (Wildman–Crippen MR) is 238 cm³/mol. The van der Waals surface area contributed by atoms with Crippen LogP contribution in [0.5, 0.6) is 0 Å². The fourth-order valence-electron chi connectivity index (χ4n) is 7.07. The molecule has 0 aromatic heterocycles. The van der Waals surface area contributed by atoms with Crippen LogP contribution in [0.4, 0.5) is 34.1 Å². The number of benzene rings is 9. The maximum absolute atomic E-state index is 9.34. The Labute approximate surface area is 335 Å². The van der Waals surface area contributed by atoms with Gasteiger partial charge in [0.1, 0.15) is 0 Å². The quantitative estimate of drug-likeness (QED) is 0.139. The Morgan fingerprint density at radius 1 is 0.196 bits per heavy atom.